The highest BCUT2D eigenvalue weighted by Gasteiger charge is 2.53. The van der Waals surface area contributed by atoms with Gasteiger partial charge >= 0.3 is 12.5 Å². The average Bonchev–Trinajstić information content (AvgIpc) is 3.43. The Hall–Kier alpha value is -4.79. The number of amides is 1. The monoisotopic (exact) mass is 728 g/mol. The number of carbonyl (C=O) groups is 2. The molecule has 11 nitrogen and oxygen atoms in total. The van der Waals surface area contributed by atoms with Crippen LogP contribution in [0.3, 0.4) is 0 Å². The van der Waals surface area contributed by atoms with Gasteiger partial charge in [-0.3, -0.25) is 14.5 Å². The number of halogens is 5. The van der Waals surface area contributed by atoms with Crippen LogP contribution >= 0.6 is 11.6 Å². The van der Waals surface area contributed by atoms with E-state index < -0.39 is 47.7 Å². The van der Waals surface area contributed by atoms with E-state index in [0.717, 1.165) is 23.9 Å². The normalized spacial score (nSPS) is 19.2. The second kappa shape index (κ2) is 13.4. The maximum atomic E-state index is 14.9. The minimum Gasteiger partial charge on any atom is -0.463 e. The van der Waals surface area contributed by atoms with Gasteiger partial charge in [-0.15, -0.1) is 0 Å². The molecule has 0 spiro atoms. The van der Waals surface area contributed by atoms with Gasteiger partial charge in [0.15, 0.2) is 17.3 Å². The molecule has 6 rings (SSSR count). The lowest BCUT2D eigenvalue weighted by Crippen LogP contribution is -2.47. The first kappa shape index (κ1) is 36.0. The molecular weight excluding hydrogens is 692 g/mol. The molecule has 0 unspecified atom stereocenters. The highest BCUT2D eigenvalue weighted by atomic mass is 35.5. The van der Waals surface area contributed by atoms with Crippen molar-refractivity contribution in [2.45, 2.75) is 77.9 Å². The van der Waals surface area contributed by atoms with Crippen molar-refractivity contribution in [2.24, 2.45) is 21.6 Å². The summed E-state index contributed by atoms with van der Waals surface area (Å²) in [5.41, 5.74) is 6.25. The maximum Gasteiger partial charge on any atom is 0.333 e. The Labute approximate surface area is 296 Å². The van der Waals surface area contributed by atoms with Gasteiger partial charge in [0.1, 0.15) is 12.9 Å². The number of ether oxygens (including phenoxy) is 1. The van der Waals surface area contributed by atoms with Crippen molar-refractivity contribution < 1.29 is 31.9 Å². The molecule has 0 saturated heterocycles. The van der Waals surface area contributed by atoms with Crippen LogP contribution in [-0.4, -0.2) is 53.9 Å². The second-order valence-corrected chi connectivity index (χ2v) is 14.9. The lowest BCUT2D eigenvalue weighted by atomic mass is 9.75. The number of hydrogen-bond acceptors (Lipinski definition) is 8. The van der Waals surface area contributed by atoms with Gasteiger partial charge in [-0.05, 0) is 59.4 Å². The predicted molar refractivity (Wildman–Crippen MR) is 180 cm³/mol. The number of benzene rings is 2. The molecule has 270 valence electrons. The Kier molecular flexibility index (Phi) is 9.46. The van der Waals surface area contributed by atoms with Crippen molar-refractivity contribution in [3.63, 3.8) is 0 Å². The van der Waals surface area contributed by atoms with Crippen LogP contribution in [0.15, 0.2) is 66.0 Å². The fourth-order valence-corrected chi connectivity index (χ4v) is 6.55. The summed E-state index contributed by atoms with van der Waals surface area (Å²) in [4.78, 5) is 37.6. The molecule has 2 aliphatic rings. The molecule has 16 heteroatoms. The lowest BCUT2D eigenvalue weighted by molar-refractivity contribution is -0.148. The second-order valence-electron chi connectivity index (χ2n) is 14.5. The summed E-state index contributed by atoms with van der Waals surface area (Å²) in [5, 5.41) is 7.95. The molecule has 2 aromatic carbocycles. The van der Waals surface area contributed by atoms with E-state index in [2.05, 4.69) is 15.2 Å². The van der Waals surface area contributed by atoms with Crippen LogP contribution in [0.4, 0.5) is 17.6 Å². The van der Waals surface area contributed by atoms with E-state index in [1.165, 1.54) is 29.3 Å². The number of nitrogens with two attached hydrogens (primary N) is 1. The van der Waals surface area contributed by atoms with Crippen molar-refractivity contribution in [1.82, 2.24) is 29.4 Å². The molecule has 51 heavy (non-hydrogen) atoms. The van der Waals surface area contributed by atoms with Crippen LogP contribution in [0, 0.1) is 10.8 Å². The van der Waals surface area contributed by atoms with E-state index in [1.807, 2.05) is 27.7 Å². The molecule has 1 amide bonds. The minimum absolute atomic E-state index is 0.0665. The van der Waals surface area contributed by atoms with Crippen LogP contribution in [0.25, 0.3) is 16.9 Å². The Morgan fingerprint density at radius 1 is 1.08 bits per heavy atom. The number of aliphatic imine (C=N–C) groups is 1. The zero-order chi connectivity index (χ0) is 36.9. The molecule has 3 heterocycles. The maximum absolute atomic E-state index is 14.9. The average molecular weight is 729 g/mol. The van der Waals surface area contributed by atoms with Crippen molar-refractivity contribution >= 4 is 29.4 Å². The zero-order valence-electron chi connectivity index (χ0n) is 28.4. The van der Waals surface area contributed by atoms with Crippen LogP contribution in [0.1, 0.15) is 89.3 Å². The molecule has 2 aromatic heterocycles. The number of aromatic nitrogens is 5. The fraction of sp³-hybridized carbons (Fsp3) is 0.429. The van der Waals surface area contributed by atoms with Crippen molar-refractivity contribution in [3.05, 3.63) is 83.0 Å². The molecule has 0 bridgehead atoms. The number of esters is 1. The molecule has 4 aromatic rings. The van der Waals surface area contributed by atoms with Crippen LogP contribution in [0.5, 0.6) is 0 Å². The highest BCUT2D eigenvalue weighted by Crippen LogP contribution is 2.49. The number of alkyl halides is 4. The van der Waals surface area contributed by atoms with Crippen LogP contribution in [-0.2, 0) is 19.9 Å². The van der Waals surface area contributed by atoms with Gasteiger partial charge in [-0.1, -0.05) is 69.6 Å². The summed E-state index contributed by atoms with van der Waals surface area (Å²) in [6, 6.07) is 11.6. The van der Waals surface area contributed by atoms with E-state index in [4.69, 9.17) is 27.1 Å². The highest BCUT2D eigenvalue weighted by molar-refractivity contribution is 6.32. The van der Waals surface area contributed by atoms with Gasteiger partial charge in [-0.2, -0.15) is 19.0 Å². The largest absolute Gasteiger partial charge is 0.463 e. The standard InChI is InChI=1S/C35H37ClF4N8O3/c1-33(2,3)18-35(22-8-5-20(6-9-22)24-11-14-46(45-24)31(39)40)30(50)47(32(41)44-35)26(17-51-27(49)16-34(4)12-13-34)21-7-10-23(36)25(15-21)48-29(28(37)38)42-19-43-48/h5-11,14-15,19,26,28,31H,12-13,16-18H2,1-4H3,(H2,41,44)/t26-,35-/m1/s1. The van der Waals surface area contributed by atoms with E-state index in [1.54, 1.807) is 30.3 Å². The van der Waals surface area contributed by atoms with E-state index in [0.29, 0.717) is 27.1 Å². The van der Waals surface area contributed by atoms with Crippen molar-refractivity contribution in [2.75, 3.05) is 6.61 Å². The van der Waals surface area contributed by atoms with E-state index in [-0.39, 0.29) is 41.5 Å². The van der Waals surface area contributed by atoms with Crippen LogP contribution in [0.2, 0.25) is 5.02 Å². The quantitative estimate of drug-likeness (QED) is 0.119. The van der Waals surface area contributed by atoms with Gasteiger partial charge in [0.05, 0.1) is 28.9 Å². The van der Waals surface area contributed by atoms with Gasteiger partial charge in [0, 0.05) is 11.8 Å². The Morgan fingerprint density at radius 3 is 2.39 bits per heavy atom. The zero-order valence-corrected chi connectivity index (χ0v) is 29.1. The molecule has 1 fully saturated rings. The Morgan fingerprint density at radius 2 is 1.78 bits per heavy atom. The summed E-state index contributed by atoms with van der Waals surface area (Å²) >= 11 is 6.47. The van der Waals surface area contributed by atoms with E-state index >= 15 is 0 Å². The molecule has 2 atom stereocenters. The number of carbonyl (C=O) groups excluding carboxylic acids is 2. The summed E-state index contributed by atoms with van der Waals surface area (Å²) < 4.78 is 61.2. The van der Waals surface area contributed by atoms with Gasteiger partial charge in [0.2, 0.25) is 0 Å². The Balaban J connectivity index is 1.40. The smallest absolute Gasteiger partial charge is 0.333 e. The number of rotatable bonds is 12. The number of hydrogen-bond donors (Lipinski definition) is 1. The molecule has 1 aliphatic heterocycles. The van der Waals surface area contributed by atoms with Gasteiger partial charge < -0.3 is 10.5 Å². The summed E-state index contributed by atoms with van der Waals surface area (Å²) in [7, 11) is 0. The molecule has 2 N–H and O–H groups in total. The third-order valence-electron chi connectivity index (χ3n) is 9.12. The lowest BCUT2D eigenvalue weighted by Gasteiger charge is -2.35. The van der Waals surface area contributed by atoms with E-state index in [9.17, 15) is 27.2 Å². The summed E-state index contributed by atoms with van der Waals surface area (Å²) in [5.74, 6) is -1.75. The number of guanidine groups is 1. The third kappa shape index (κ3) is 7.34. The first-order chi connectivity index (χ1) is 24.0. The summed E-state index contributed by atoms with van der Waals surface area (Å²) in [6.07, 6.45) is 1.38. The van der Waals surface area contributed by atoms with Gasteiger partial charge in [0.25, 0.3) is 12.3 Å². The fourth-order valence-electron chi connectivity index (χ4n) is 6.36. The first-order valence-corrected chi connectivity index (χ1v) is 16.6. The minimum atomic E-state index is -2.96. The molecule has 0 radical (unpaired) electrons. The van der Waals surface area contributed by atoms with Crippen LogP contribution < -0.4 is 5.73 Å². The third-order valence-corrected chi connectivity index (χ3v) is 9.44. The predicted octanol–water partition coefficient (Wildman–Crippen LogP) is 7.38. The Bertz CT molecular complexity index is 1970. The van der Waals surface area contributed by atoms with Crippen molar-refractivity contribution in [1.29, 1.82) is 0 Å². The topological polar surface area (TPSA) is 134 Å². The van der Waals surface area contributed by atoms with Crippen molar-refractivity contribution in [3.8, 4) is 16.9 Å². The molecule has 1 saturated carbocycles. The van der Waals surface area contributed by atoms with Gasteiger partial charge in [-0.25, -0.2) is 28.1 Å². The molecular formula is C35H37ClF4N8O3. The SMILES string of the molecule is CC(C)(C)C[C@]1(c2ccc(-c3ccn(C(F)F)n3)cc2)N=C(N)N([C@H](COC(=O)CC2(C)CC2)c2ccc(Cl)c(-n3ncnc3C(F)F)c2)C1=O. The number of nitrogens with zero attached hydrogens (tertiary/aromatic N) is 7. The molecule has 1 aliphatic carbocycles. The first-order valence-electron chi connectivity index (χ1n) is 16.3. The summed E-state index contributed by atoms with van der Waals surface area (Å²) in [6.45, 7) is 4.71.